The summed E-state index contributed by atoms with van der Waals surface area (Å²) in [6.07, 6.45) is 4.27. The van der Waals surface area contributed by atoms with E-state index in [0.29, 0.717) is 13.0 Å². The number of carbonyl (C=O) groups is 1. The van der Waals surface area contributed by atoms with Gasteiger partial charge in [-0.3, -0.25) is 4.79 Å². The van der Waals surface area contributed by atoms with Crippen molar-refractivity contribution in [3.05, 3.63) is 60.2 Å². The fourth-order valence-corrected chi connectivity index (χ4v) is 2.29. The summed E-state index contributed by atoms with van der Waals surface area (Å²) in [7, 11) is 0. The molecule has 0 radical (unpaired) electrons. The van der Waals surface area contributed by atoms with Crippen LogP contribution in [0.3, 0.4) is 0 Å². The molecule has 5 heteroatoms. The lowest BCUT2D eigenvalue weighted by atomic mass is 10.00. The van der Waals surface area contributed by atoms with Gasteiger partial charge in [-0.05, 0) is 43.2 Å². The van der Waals surface area contributed by atoms with E-state index in [-0.39, 0.29) is 30.3 Å². The average molecular weight is 304 g/mol. The van der Waals surface area contributed by atoms with Crippen LogP contribution < -0.4 is 5.32 Å². The van der Waals surface area contributed by atoms with E-state index >= 15 is 0 Å². The van der Waals surface area contributed by atoms with Crippen LogP contribution in [0, 0.1) is 11.7 Å². The zero-order valence-electron chi connectivity index (χ0n) is 12.6. The molecule has 2 rings (SSSR count). The second kappa shape index (κ2) is 7.75. The molecule has 0 bridgehead atoms. The SMILES string of the molecule is CC(C(=O)NCC(CO)Cc1ccc(F)cc1)n1cccc1. The number of rotatable bonds is 7. The minimum absolute atomic E-state index is 0.0322. The smallest absolute Gasteiger partial charge is 0.242 e. The zero-order chi connectivity index (χ0) is 15.9. The molecule has 2 atom stereocenters. The number of amides is 1. The highest BCUT2D eigenvalue weighted by molar-refractivity contribution is 5.79. The number of nitrogens with zero attached hydrogens (tertiary/aromatic N) is 1. The van der Waals surface area contributed by atoms with Crippen LogP contribution in [0.25, 0.3) is 0 Å². The maximum absolute atomic E-state index is 12.9. The summed E-state index contributed by atoms with van der Waals surface area (Å²) >= 11 is 0. The van der Waals surface area contributed by atoms with E-state index in [4.69, 9.17) is 0 Å². The second-order valence-corrected chi connectivity index (χ2v) is 5.43. The van der Waals surface area contributed by atoms with Crippen LogP contribution in [0.4, 0.5) is 4.39 Å². The van der Waals surface area contributed by atoms with Crippen molar-refractivity contribution in [3.8, 4) is 0 Å². The molecule has 4 nitrogen and oxygen atoms in total. The summed E-state index contributed by atoms with van der Waals surface area (Å²) in [6.45, 7) is 2.18. The Morgan fingerprint density at radius 2 is 1.91 bits per heavy atom. The number of benzene rings is 1. The maximum atomic E-state index is 12.9. The standard InChI is InChI=1S/C17H21FN2O2/c1-13(20-8-2-3-9-20)17(22)19-11-15(12-21)10-14-4-6-16(18)7-5-14/h2-9,13,15,21H,10-12H2,1H3,(H,19,22). The van der Waals surface area contributed by atoms with E-state index in [1.807, 2.05) is 36.0 Å². The van der Waals surface area contributed by atoms with Crippen molar-refractivity contribution < 1.29 is 14.3 Å². The highest BCUT2D eigenvalue weighted by Crippen LogP contribution is 2.10. The quantitative estimate of drug-likeness (QED) is 0.823. The van der Waals surface area contributed by atoms with Gasteiger partial charge in [0.05, 0.1) is 0 Å². The number of halogens is 1. The highest BCUT2D eigenvalue weighted by Gasteiger charge is 2.16. The van der Waals surface area contributed by atoms with Crippen LogP contribution in [0.1, 0.15) is 18.5 Å². The number of hydrogen-bond donors (Lipinski definition) is 2. The third-order valence-electron chi connectivity index (χ3n) is 3.71. The van der Waals surface area contributed by atoms with Gasteiger partial charge in [-0.1, -0.05) is 12.1 Å². The van der Waals surface area contributed by atoms with Gasteiger partial charge in [-0.2, -0.15) is 0 Å². The number of aromatic nitrogens is 1. The van der Waals surface area contributed by atoms with Crippen LogP contribution in [0.5, 0.6) is 0 Å². The summed E-state index contributed by atoms with van der Waals surface area (Å²) in [5.74, 6) is -0.460. The molecule has 2 N–H and O–H groups in total. The van der Waals surface area contributed by atoms with Gasteiger partial charge in [-0.25, -0.2) is 4.39 Å². The van der Waals surface area contributed by atoms with Crippen molar-refractivity contribution in [2.24, 2.45) is 5.92 Å². The summed E-state index contributed by atoms with van der Waals surface area (Å²) in [4.78, 5) is 12.1. The molecule has 0 aliphatic rings. The topological polar surface area (TPSA) is 54.3 Å². The molecule has 0 spiro atoms. The third kappa shape index (κ3) is 4.43. The largest absolute Gasteiger partial charge is 0.396 e. The summed E-state index contributed by atoms with van der Waals surface area (Å²) in [5, 5.41) is 12.3. The maximum Gasteiger partial charge on any atom is 0.242 e. The molecule has 2 aromatic rings. The van der Waals surface area contributed by atoms with Crippen LogP contribution >= 0.6 is 0 Å². The summed E-state index contributed by atoms with van der Waals surface area (Å²) in [5.41, 5.74) is 0.938. The number of carbonyl (C=O) groups excluding carboxylic acids is 1. The van der Waals surface area contributed by atoms with Gasteiger partial charge in [0.15, 0.2) is 0 Å². The van der Waals surface area contributed by atoms with Gasteiger partial charge in [-0.15, -0.1) is 0 Å². The number of aliphatic hydroxyl groups is 1. The van der Waals surface area contributed by atoms with Crippen LogP contribution in [0.2, 0.25) is 0 Å². The Morgan fingerprint density at radius 3 is 2.50 bits per heavy atom. The predicted octanol–water partition coefficient (Wildman–Crippen LogP) is 2.16. The minimum Gasteiger partial charge on any atom is -0.396 e. The molecule has 0 saturated carbocycles. The van der Waals surface area contributed by atoms with Crippen molar-refractivity contribution in [2.45, 2.75) is 19.4 Å². The van der Waals surface area contributed by atoms with Crippen molar-refractivity contribution >= 4 is 5.91 Å². The van der Waals surface area contributed by atoms with Gasteiger partial charge < -0.3 is 15.0 Å². The molecule has 0 saturated heterocycles. The molecular formula is C17H21FN2O2. The van der Waals surface area contributed by atoms with E-state index in [1.54, 1.807) is 12.1 Å². The summed E-state index contributed by atoms with van der Waals surface area (Å²) in [6, 6.07) is 9.64. The molecule has 1 amide bonds. The van der Waals surface area contributed by atoms with Crippen LogP contribution in [-0.4, -0.2) is 28.7 Å². The predicted molar refractivity (Wildman–Crippen MR) is 82.8 cm³/mol. The first-order chi connectivity index (χ1) is 10.6. The second-order valence-electron chi connectivity index (χ2n) is 5.43. The van der Waals surface area contributed by atoms with Gasteiger partial charge >= 0.3 is 0 Å². The van der Waals surface area contributed by atoms with E-state index < -0.39 is 0 Å². The number of hydrogen-bond acceptors (Lipinski definition) is 2. The molecule has 0 fully saturated rings. The van der Waals surface area contributed by atoms with Crippen molar-refractivity contribution in [2.75, 3.05) is 13.2 Å². The molecule has 0 aliphatic heterocycles. The Kier molecular flexibility index (Phi) is 5.72. The monoisotopic (exact) mass is 304 g/mol. The lowest BCUT2D eigenvalue weighted by Crippen LogP contribution is -2.35. The number of aliphatic hydroxyl groups excluding tert-OH is 1. The molecule has 1 heterocycles. The van der Waals surface area contributed by atoms with E-state index in [9.17, 15) is 14.3 Å². The zero-order valence-corrected chi connectivity index (χ0v) is 12.6. The Labute approximate surface area is 129 Å². The summed E-state index contributed by atoms with van der Waals surface area (Å²) < 4.78 is 14.7. The van der Waals surface area contributed by atoms with Gasteiger partial charge in [0.2, 0.25) is 5.91 Å². The van der Waals surface area contributed by atoms with E-state index in [1.165, 1.54) is 12.1 Å². The van der Waals surface area contributed by atoms with Crippen molar-refractivity contribution in [1.82, 2.24) is 9.88 Å². The van der Waals surface area contributed by atoms with E-state index in [0.717, 1.165) is 5.56 Å². The molecule has 2 unspecified atom stereocenters. The Hall–Kier alpha value is -2.14. The lowest BCUT2D eigenvalue weighted by molar-refractivity contribution is -0.124. The fourth-order valence-electron chi connectivity index (χ4n) is 2.29. The Morgan fingerprint density at radius 1 is 1.27 bits per heavy atom. The van der Waals surface area contributed by atoms with Crippen LogP contribution in [-0.2, 0) is 11.2 Å². The van der Waals surface area contributed by atoms with Gasteiger partial charge in [0.25, 0.3) is 0 Å². The first-order valence-corrected chi connectivity index (χ1v) is 7.35. The van der Waals surface area contributed by atoms with Crippen molar-refractivity contribution in [1.29, 1.82) is 0 Å². The third-order valence-corrected chi connectivity index (χ3v) is 3.71. The van der Waals surface area contributed by atoms with Crippen LogP contribution in [0.15, 0.2) is 48.8 Å². The molecule has 118 valence electrons. The molecule has 1 aromatic heterocycles. The highest BCUT2D eigenvalue weighted by atomic mass is 19.1. The molecule has 22 heavy (non-hydrogen) atoms. The van der Waals surface area contributed by atoms with E-state index in [2.05, 4.69) is 5.32 Å². The fraction of sp³-hybridized carbons (Fsp3) is 0.353. The Bertz CT molecular complexity index is 581. The first kappa shape index (κ1) is 16.2. The molecule has 1 aromatic carbocycles. The lowest BCUT2D eigenvalue weighted by Gasteiger charge is -2.18. The number of nitrogens with one attached hydrogen (secondary N) is 1. The average Bonchev–Trinajstić information content (AvgIpc) is 3.06. The van der Waals surface area contributed by atoms with Crippen molar-refractivity contribution in [3.63, 3.8) is 0 Å². The minimum atomic E-state index is -0.292. The van der Waals surface area contributed by atoms with Gasteiger partial charge in [0, 0.05) is 31.5 Å². The molecule has 0 aliphatic carbocycles. The Balaban J connectivity index is 1.85. The molecular weight excluding hydrogens is 283 g/mol. The van der Waals surface area contributed by atoms with Gasteiger partial charge in [0.1, 0.15) is 11.9 Å². The first-order valence-electron chi connectivity index (χ1n) is 7.35. The normalized spacial score (nSPS) is 13.6.